The molecular formula is C11H16N2O. The van der Waals surface area contributed by atoms with E-state index in [1.165, 1.54) is 5.56 Å². The topological polar surface area (TPSA) is 55.1 Å². The highest BCUT2D eigenvalue weighted by atomic mass is 16.1. The zero-order chi connectivity index (χ0) is 10.4. The molecule has 0 fully saturated rings. The molecular weight excluding hydrogens is 176 g/mol. The van der Waals surface area contributed by atoms with Gasteiger partial charge in [-0.2, -0.15) is 0 Å². The van der Waals surface area contributed by atoms with Crippen LogP contribution in [0.5, 0.6) is 0 Å². The molecule has 14 heavy (non-hydrogen) atoms. The number of amides is 1. The Kier molecular flexibility index (Phi) is 4.13. The Bertz CT molecular complexity index is 285. The molecule has 3 N–H and O–H groups in total. The maximum Gasteiger partial charge on any atom is 0.231 e. The van der Waals surface area contributed by atoms with Crippen LogP contribution in [0, 0.1) is 0 Å². The van der Waals surface area contributed by atoms with Gasteiger partial charge in [0.25, 0.3) is 0 Å². The molecule has 1 atom stereocenters. The van der Waals surface area contributed by atoms with E-state index in [4.69, 9.17) is 5.73 Å². The molecule has 0 aromatic heterocycles. The highest BCUT2D eigenvalue weighted by molar-refractivity contribution is 5.75. The van der Waals surface area contributed by atoms with Crippen LogP contribution >= 0.6 is 0 Å². The third kappa shape index (κ3) is 3.58. The van der Waals surface area contributed by atoms with Crippen LogP contribution in [0.2, 0.25) is 0 Å². The van der Waals surface area contributed by atoms with Crippen LogP contribution in [-0.2, 0) is 4.79 Å². The second-order valence-corrected chi connectivity index (χ2v) is 3.41. The molecule has 0 aliphatic rings. The van der Waals surface area contributed by atoms with Gasteiger partial charge in [-0.1, -0.05) is 37.3 Å². The van der Waals surface area contributed by atoms with Gasteiger partial charge in [-0.3, -0.25) is 4.79 Å². The van der Waals surface area contributed by atoms with Crippen molar-refractivity contribution in [2.45, 2.75) is 12.8 Å². The Morgan fingerprint density at radius 1 is 1.43 bits per heavy atom. The van der Waals surface area contributed by atoms with Crippen molar-refractivity contribution < 1.29 is 4.79 Å². The van der Waals surface area contributed by atoms with Crippen LogP contribution in [-0.4, -0.2) is 19.0 Å². The van der Waals surface area contributed by atoms with Crippen molar-refractivity contribution in [2.75, 3.05) is 13.1 Å². The number of carbonyl (C=O) groups is 1. The van der Waals surface area contributed by atoms with Crippen LogP contribution in [0.4, 0.5) is 0 Å². The third-order valence-electron chi connectivity index (χ3n) is 2.12. The summed E-state index contributed by atoms with van der Waals surface area (Å²) >= 11 is 0. The smallest absolute Gasteiger partial charge is 0.231 e. The van der Waals surface area contributed by atoms with Crippen molar-refractivity contribution in [1.82, 2.24) is 5.32 Å². The molecule has 1 amide bonds. The summed E-state index contributed by atoms with van der Waals surface area (Å²) in [6.45, 7) is 3.13. The van der Waals surface area contributed by atoms with E-state index in [2.05, 4.69) is 24.4 Å². The normalized spacial score (nSPS) is 12.4. The Morgan fingerprint density at radius 2 is 2.07 bits per heavy atom. The molecule has 0 spiro atoms. The van der Waals surface area contributed by atoms with Crippen LogP contribution in [0.1, 0.15) is 18.4 Å². The number of nitrogens with two attached hydrogens (primary N) is 1. The number of nitrogens with one attached hydrogen (secondary N) is 1. The lowest BCUT2D eigenvalue weighted by Crippen LogP contribution is -2.31. The largest absolute Gasteiger partial charge is 0.369 e. The summed E-state index contributed by atoms with van der Waals surface area (Å²) in [5.74, 6) is 0.0841. The molecule has 76 valence electrons. The minimum absolute atomic E-state index is 0.247. The monoisotopic (exact) mass is 192 g/mol. The number of primary amides is 1. The molecule has 3 heteroatoms. The quantitative estimate of drug-likeness (QED) is 0.727. The third-order valence-corrected chi connectivity index (χ3v) is 2.12. The van der Waals surface area contributed by atoms with Gasteiger partial charge in [0.2, 0.25) is 5.91 Å². The maximum absolute atomic E-state index is 10.5. The van der Waals surface area contributed by atoms with Crippen molar-refractivity contribution in [3.8, 4) is 0 Å². The molecule has 0 saturated heterocycles. The summed E-state index contributed by atoms with van der Waals surface area (Å²) in [6.07, 6.45) is 0. The highest BCUT2D eigenvalue weighted by Crippen LogP contribution is 2.12. The van der Waals surface area contributed by atoms with E-state index >= 15 is 0 Å². The Labute approximate surface area is 84.3 Å². The molecule has 3 nitrogen and oxygen atoms in total. The average Bonchev–Trinajstić information content (AvgIpc) is 2.18. The van der Waals surface area contributed by atoms with Gasteiger partial charge in [0, 0.05) is 6.54 Å². The van der Waals surface area contributed by atoms with Crippen molar-refractivity contribution in [2.24, 2.45) is 5.73 Å². The Hall–Kier alpha value is -1.35. The fraction of sp³-hybridized carbons (Fsp3) is 0.364. The number of benzene rings is 1. The van der Waals surface area contributed by atoms with E-state index in [9.17, 15) is 4.79 Å². The van der Waals surface area contributed by atoms with Crippen molar-refractivity contribution in [1.29, 1.82) is 0 Å². The van der Waals surface area contributed by atoms with Gasteiger partial charge in [0.15, 0.2) is 0 Å². The maximum atomic E-state index is 10.5. The summed E-state index contributed by atoms with van der Waals surface area (Å²) in [7, 11) is 0. The highest BCUT2D eigenvalue weighted by Gasteiger charge is 2.04. The predicted molar refractivity (Wildman–Crippen MR) is 56.9 cm³/mol. The van der Waals surface area contributed by atoms with E-state index < -0.39 is 0 Å². The lowest BCUT2D eigenvalue weighted by molar-refractivity contribution is -0.117. The Morgan fingerprint density at radius 3 is 2.64 bits per heavy atom. The lowest BCUT2D eigenvalue weighted by Gasteiger charge is -2.11. The van der Waals surface area contributed by atoms with Crippen molar-refractivity contribution in [3.63, 3.8) is 0 Å². The van der Waals surface area contributed by atoms with E-state index in [0.717, 1.165) is 6.54 Å². The van der Waals surface area contributed by atoms with Crippen molar-refractivity contribution >= 4 is 5.91 Å². The molecule has 0 radical (unpaired) electrons. The molecule has 1 aromatic rings. The molecule has 0 saturated carbocycles. The molecule has 0 bridgehead atoms. The van der Waals surface area contributed by atoms with Gasteiger partial charge < -0.3 is 11.1 Å². The first kappa shape index (κ1) is 10.7. The molecule has 0 aliphatic carbocycles. The minimum atomic E-state index is -0.315. The zero-order valence-electron chi connectivity index (χ0n) is 8.36. The fourth-order valence-electron chi connectivity index (χ4n) is 1.31. The van der Waals surface area contributed by atoms with Crippen LogP contribution in [0.15, 0.2) is 30.3 Å². The van der Waals surface area contributed by atoms with E-state index in [-0.39, 0.29) is 12.5 Å². The number of rotatable bonds is 5. The van der Waals surface area contributed by atoms with Gasteiger partial charge >= 0.3 is 0 Å². The van der Waals surface area contributed by atoms with Gasteiger partial charge in [-0.15, -0.1) is 0 Å². The zero-order valence-corrected chi connectivity index (χ0v) is 8.36. The summed E-state index contributed by atoms with van der Waals surface area (Å²) < 4.78 is 0. The van der Waals surface area contributed by atoms with Crippen molar-refractivity contribution in [3.05, 3.63) is 35.9 Å². The Balaban J connectivity index is 2.36. The van der Waals surface area contributed by atoms with Gasteiger partial charge in [-0.25, -0.2) is 0 Å². The second-order valence-electron chi connectivity index (χ2n) is 3.41. The average molecular weight is 192 g/mol. The predicted octanol–water partition coefficient (Wildman–Crippen LogP) is 0.865. The van der Waals surface area contributed by atoms with Crippen LogP contribution < -0.4 is 11.1 Å². The number of hydrogen-bond acceptors (Lipinski definition) is 2. The van der Waals surface area contributed by atoms with Gasteiger partial charge in [-0.05, 0) is 11.5 Å². The van der Waals surface area contributed by atoms with E-state index in [1.54, 1.807) is 0 Å². The first-order chi connectivity index (χ1) is 6.70. The molecule has 1 unspecified atom stereocenters. The van der Waals surface area contributed by atoms with Crippen LogP contribution in [0.25, 0.3) is 0 Å². The number of hydrogen-bond donors (Lipinski definition) is 2. The summed E-state index contributed by atoms with van der Waals surface area (Å²) in [6, 6.07) is 10.2. The molecule has 1 aromatic carbocycles. The molecule has 1 rings (SSSR count). The summed E-state index contributed by atoms with van der Waals surface area (Å²) in [5, 5.41) is 3.01. The summed E-state index contributed by atoms with van der Waals surface area (Å²) in [4.78, 5) is 10.5. The first-order valence-electron chi connectivity index (χ1n) is 4.74. The second kappa shape index (κ2) is 5.40. The first-order valence-corrected chi connectivity index (χ1v) is 4.74. The van der Waals surface area contributed by atoms with E-state index in [1.807, 2.05) is 18.2 Å². The van der Waals surface area contributed by atoms with Gasteiger partial charge in [0.05, 0.1) is 6.54 Å². The van der Waals surface area contributed by atoms with Crippen LogP contribution in [0.3, 0.4) is 0 Å². The summed E-state index contributed by atoms with van der Waals surface area (Å²) in [5.41, 5.74) is 6.28. The number of carbonyl (C=O) groups excluding carboxylic acids is 1. The lowest BCUT2D eigenvalue weighted by atomic mass is 10.0. The van der Waals surface area contributed by atoms with E-state index in [0.29, 0.717) is 5.92 Å². The fourth-order valence-corrected chi connectivity index (χ4v) is 1.31. The molecule has 0 heterocycles. The SMILES string of the molecule is CC(CNCC(N)=O)c1ccccc1. The van der Waals surface area contributed by atoms with Gasteiger partial charge in [0.1, 0.15) is 0 Å². The standard InChI is InChI=1S/C11H16N2O/c1-9(7-13-8-11(12)14)10-5-3-2-4-6-10/h2-6,9,13H,7-8H2,1H3,(H2,12,14). The molecule has 0 aliphatic heterocycles. The minimum Gasteiger partial charge on any atom is -0.369 e.